The first-order valence-electron chi connectivity index (χ1n) is 6.37. The molecule has 0 radical (unpaired) electrons. The fourth-order valence-electron chi connectivity index (χ4n) is 2.28. The standard InChI is InChI=1S/C13H14N4O2/c18-13(19-12-6-1-2-7-12)10-4-3-5-11(8-10)17-9-14-15-16-17/h3-5,8-9,12H,1-2,6-7H2. The van der Waals surface area contributed by atoms with Crippen molar-refractivity contribution in [2.45, 2.75) is 31.8 Å². The molecule has 6 heteroatoms. The van der Waals surface area contributed by atoms with E-state index in [1.54, 1.807) is 18.2 Å². The lowest BCUT2D eigenvalue weighted by molar-refractivity contribution is 0.0318. The highest BCUT2D eigenvalue weighted by Crippen LogP contribution is 2.22. The van der Waals surface area contributed by atoms with E-state index in [2.05, 4.69) is 15.5 Å². The predicted octanol–water partition coefficient (Wildman–Crippen LogP) is 1.76. The third kappa shape index (κ3) is 2.62. The summed E-state index contributed by atoms with van der Waals surface area (Å²) < 4.78 is 6.98. The van der Waals surface area contributed by atoms with Gasteiger partial charge in [0.25, 0.3) is 0 Å². The van der Waals surface area contributed by atoms with Crippen molar-refractivity contribution >= 4 is 5.97 Å². The average Bonchev–Trinajstić information content (AvgIpc) is 3.12. The van der Waals surface area contributed by atoms with Crippen molar-refractivity contribution < 1.29 is 9.53 Å². The maximum atomic E-state index is 12.0. The van der Waals surface area contributed by atoms with E-state index in [0.29, 0.717) is 5.56 Å². The Bertz CT molecular complexity index is 562. The predicted molar refractivity (Wildman–Crippen MR) is 66.8 cm³/mol. The number of hydrogen-bond acceptors (Lipinski definition) is 5. The van der Waals surface area contributed by atoms with E-state index >= 15 is 0 Å². The molecule has 0 amide bonds. The van der Waals surface area contributed by atoms with Gasteiger partial charge in [-0.1, -0.05) is 6.07 Å². The molecular weight excluding hydrogens is 244 g/mol. The Morgan fingerprint density at radius 3 is 2.89 bits per heavy atom. The first-order chi connectivity index (χ1) is 9.33. The lowest BCUT2D eigenvalue weighted by atomic mass is 10.2. The molecule has 1 saturated carbocycles. The minimum atomic E-state index is -0.276. The van der Waals surface area contributed by atoms with Gasteiger partial charge in [0, 0.05) is 0 Å². The van der Waals surface area contributed by atoms with Gasteiger partial charge in [-0.15, -0.1) is 5.10 Å². The van der Waals surface area contributed by atoms with Crippen LogP contribution in [0.4, 0.5) is 0 Å². The van der Waals surface area contributed by atoms with Gasteiger partial charge in [-0.05, 0) is 54.3 Å². The second-order valence-corrected chi connectivity index (χ2v) is 4.62. The maximum absolute atomic E-state index is 12.0. The van der Waals surface area contributed by atoms with Gasteiger partial charge in [0.15, 0.2) is 0 Å². The molecule has 6 nitrogen and oxygen atoms in total. The molecule has 98 valence electrons. The van der Waals surface area contributed by atoms with Crippen LogP contribution in [0, 0.1) is 0 Å². The van der Waals surface area contributed by atoms with Gasteiger partial charge in [0.05, 0.1) is 11.3 Å². The van der Waals surface area contributed by atoms with Crippen molar-refractivity contribution in [2.24, 2.45) is 0 Å². The number of carbonyl (C=O) groups is 1. The first-order valence-corrected chi connectivity index (χ1v) is 6.37. The lowest BCUT2D eigenvalue weighted by Gasteiger charge is -2.11. The zero-order valence-corrected chi connectivity index (χ0v) is 10.4. The Kier molecular flexibility index (Phi) is 3.22. The van der Waals surface area contributed by atoms with Crippen LogP contribution in [0.15, 0.2) is 30.6 Å². The number of nitrogens with zero attached hydrogens (tertiary/aromatic N) is 4. The van der Waals surface area contributed by atoms with Crippen LogP contribution in [0.5, 0.6) is 0 Å². The second kappa shape index (κ2) is 5.17. The summed E-state index contributed by atoms with van der Waals surface area (Å²) in [6.45, 7) is 0. The van der Waals surface area contributed by atoms with Crippen LogP contribution in [-0.2, 0) is 4.74 Å². The molecule has 1 aromatic heterocycles. The number of ether oxygens (including phenoxy) is 1. The molecule has 3 rings (SSSR count). The summed E-state index contributed by atoms with van der Waals surface area (Å²) in [7, 11) is 0. The molecule has 0 spiro atoms. The molecule has 0 N–H and O–H groups in total. The highest BCUT2D eigenvalue weighted by molar-refractivity contribution is 5.90. The number of esters is 1. The molecule has 1 heterocycles. The Labute approximate surface area is 110 Å². The van der Waals surface area contributed by atoms with Crippen LogP contribution in [0.2, 0.25) is 0 Å². The van der Waals surface area contributed by atoms with E-state index in [9.17, 15) is 4.79 Å². The monoisotopic (exact) mass is 258 g/mol. The number of benzene rings is 1. The largest absolute Gasteiger partial charge is 0.459 e. The van der Waals surface area contributed by atoms with Crippen molar-refractivity contribution in [3.8, 4) is 5.69 Å². The summed E-state index contributed by atoms with van der Waals surface area (Å²) in [6.07, 6.45) is 5.79. The van der Waals surface area contributed by atoms with Gasteiger partial charge in [-0.2, -0.15) is 0 Å². The molecule has 0 unspecified atom stereocenters. The van der Waals surface area contributed by atoms with Gasteiger partial charge in [0.2, 0.25) is 0 Å². The molecule has 0 saturated heterocycles. The summed E-state index contributed by atoms with van der Waals surface area (Å²) in [4.78, 5) is 12.0. The van der Waals surface area contributed by atoms with Crippen LogP contribution < -0.4 is 0 Å². The summed E-state index contributed by atoms with van der Waals surface area (Å²) in [5, 5.41) is 10.9. The molecule has 2 aromatic rings. The number of hydrogen-bond donors (Lipinski definition) is 0. The van der Waals surface area contributed by atoms with Gasteiger partial charge < -0.3 is 4.74 Å². The minimum absolute atomic E-state index is 0.0733. The van der Waals surface area contributed by atoms with E-state index in [-0.39, 0.29) is 12.1 Å². The van der Waals surface area contributed by atoms with Gasteiger partial charge in [-0.25, -0.2) is 9.48 Å². The lowest BCUT2D eigenvalue weighted by Crippen LogP contribution is -2.15. The fraction of sp³-hybridized carbons (Fsp3) is 0.385. The fourth-order valence-corrected chi connectivity index (χ4v) is 2.28. The van der Waals surface area contributed by atoms with E-state index in [4.69, 9.17) is 4.74 Å². The van der Waals surface area contributed by atoms with Crippen LogP contribution in [0.1, 0.15) is 36.0 Å². The third-order valence-corrected chi connectivity index (χ3v) is 3.27. The molecule has 19 heavy (non-hydrogen) atoms. The van der Waals surface area contributed by atoms with Crippen molar-refractivity contribution in [3.05, 3.63) is 36.2 Å². The maximum Gasteiger partial charge on any atom is 0.338 e. The number of carbonyl (C=O) groups excluding carboxylic acids is 1. The zero-order chi connectivity index (χ0) is 13.1. The van der Waals surface area contributed by atoms with E-state index in [1.165, 1.54) is 11.0 Å². The molecule has 0 bridgehead atoms. The molecule has 1 aliphatic carbocycles. The number of aromatic nitrogens is 4. The van der Waals surface area contributed by atoms with Crippen LogP contribution in [0.25, 0.3) is 5.69 Å². The third-order valence-electron chi connectivity index (χ3n) is 3.27. The summed E-state index contributed by atoms with van der Waals surface area (Å²) in [5.74, 6) is -0.276. The molecule has 1 fully saturated rings. The van der Waals surface area contributed by atoms with Gasteiger partial charge >= 0.3 is 5.97 Å². The summed E-state index contributed by atoms with van der Waals surface area (Å²) in [5.41, 5.74) is 1.27. The first kappa shape index (κ1) is 11.8. The number of tetrazole rings is 1. The Balaban J connectivity index is 1.77. The normalized spacial score (nSPS) is 15.6. The van der Waals surface area contributed by atoms with Gasteiger partial charge in [-0.3, -0.25) is 0 Å². The van der Waals surface area contributed by atoms with Crippen molar-refractivity contribution in [1.82, 2.24) is 20.2 Å². The SMILES string of the molecule is O=C(OC1CCCC1)c1cccc(-n2cnnn2)c1. The van der Waals surface area contributed by atoms with E-state index in [1.807, 2.05) is 6.07 Å². The summed E-state index contributed by atoms with van der Waals surface area (Å²) in [6, 6.07) is 7.10. The Morgan fingerprint density at radius 1 is 1.32 bits per heavy atom. The van der Waals surface area contributed by atoms with Crippen molar-refractivity contribution in [1.29, 1.82) is 0 Å². The van der Waals surface area contributed by atoms with Crippen LogP contribution >= 0.6 is 0 Å². The van der Waals surface area contributed by atoms with Gasteiger partial charge in [0.1, 0.15) is 12.4 Å². The Morgan fingerprint density at radius 2 is 2.16 bits per heavy atom. The zero-order valence-electron chi connectivity index (χ0n) is 10.4. The highest BCUT2D eigenvalue weighted by atomic mass is 16.5. The summed E-state index contributed by atoms with van der Waals surface area (Å²) >= 11 is 0. The van der Waals surface area contributed by atoms with E-state index in [0.717, 1.165) is 31.4 Å². The second-order valence-electron chi connectivity index (χ2n) is 4.62. The quantitative estimate of drug-likeness (QED) is 0.784. The topological polar surface area (TPSA) is 69.9 Å². The van der Waals surface area contributed by atoms with Crippen molar-refractivity contribution in [2.75, 3.05) is 0 Å². The van der Waals surface area contributed by atoms with Crippen molar-refractivity contribution in [3.63, 3.8) is 0 Å². The van der Waals surface area contributed by atoms with Crippen LogP contribution in [0.3, 0.4) is 0 Å². The highest BCUT2D eigenvalue weighted by Gasteiger charge is 2.20. The Hall–Kier alpha value is -2.24. The van der Waals surface area contributed by atoms with E-state index < -0.39 is 0 Å². The molecular formula is C13H14N4O2. The number of rotatable bonds is 3. The van der Waals surface area contributed by atoms with Crippen LogP contribution in [-0.4, -0.2) is 32.3 Å². The smallest absolute Gasteiger partial charge is 0.338 e. The molecule has 0 aliphatic heterocycles. The molecule has 0 atom stereocenters. The molecule has 1 aromatic carbocycles. The molecule has 1 aliphatic rings. The minimum Gasteiger partial charge on any atom is -0.459 e. The average molecular weight is 258 g/mol.